The van der Waals surface area contributed by atoms with Gasteiger partial charge in [-0.15, -0.1) is 0 Å². The summed E-state index contributed by atoms with van der Waals surface area (Å²) in [6, 6.07) is 11.1. The van der Waals surface area contributed by atoms with Gasteiger partial charge < -0.3 is 5.32 Å². The molecular formula is C20H17ClF3N3O2. The van der Waals surface area contributed by atoms with Crippen LogP contribution in [0.25, 0.3) is 0 Å². The molecule has 2 aromatic carbocycles. The van der Waals surface area contributed by atoms with Crippen LogP contribution in [-0.4, -0.2) is 29.1 Å². The molecule has 0 unspecified atom stereocenters. The van der Waals surface area contributed by atoms with Crippen LogP contribution in [0.4, 0.5) is 18.9 Å². The van der Waals surface area contributed by atoms with Crippen molar-refractivity contribution < 1.29 is 22.8 Å². The van der Waals surface area contributed by atoms with Crippen LogP contribution in [0.2, 0.25) is 5.02 Å². The van der Waals surface area contributed by atoms with E-state index >= 15 is 0 Å². The van der Waals surface area contributed by atoms with Crippen molar-refractivity contribution in [1.29, 1.82) is 0 Å². The predicted octanol–water partition coefficient (Wildman–Crippen LogP) is 4.57. The Bertz CT molecular complexity index is 941. The SMILES string of the molecule is C[C@H]1CC(=O)N(CC(=O)Nc2ccc(C(F)(F)F)cc2)N=C1c1ccc(Cl)cc1. The molecule has 0 aromatic heterocycles. The standard InChI is InChI=1S/C20H17ClF3N3O2/c1-12-10-18(29)27(26-19(12)13-2-6-15(21)7-3-13)11-17(28)25-16-8-4-14(5-9-16)20(22,23)24/h2-9,12H,10-11H2,1H3,(H,25,28)/t12-/m0/s1. The van der Waals surface area contributed by atoms with Crippen LogP contribution < -0.4 is 5.32 Å². The molecule has 1 N–H and O–H groups in total. The lowest BCUT2D eigenvalue weighted by Gasteiger charge is -2.27. The van der Waals surface area contributed by atoms with Gasteiger partial charge in [0.05, 0.1) is 11.3 Å². The van der Waals surface area contributed by atoms with Gasteiger partial charge in [0.15, 0.2) is 0 Å². The average Bonchev–Trinajstić information content (AvgIpc) is 2.64. The lowest BCUT2D eigenvalue weighted by molar-refractivity contribution is -0.137. The third kappa shape index (κ3) is 5.14. The Morgan fingerprint density at radius 1 is 1.17 bits per heavy atom. The van der Waals surface area contributed by atoms with Gasteiger partial charge in [-0.2, -0.15) is 18.3 Å². The van der Waals surface area contributed by atoms with Gasteiger partial charge in [0, 0.05) is 23.0 Å². The van der Waals surface area contributed by atoms with Crippen molar-refractivity contribution >= 4 is 34.8 Å². The zero-order valence-electron chi connectivity index (χ0n) is 15.3. The van der Waals surface area contributed by atoms with Crippen LogP contribution in [0.15, 0.2) is 53.6 Å². The maximum Gasteiger partial charge on any atom is 0.416 e. The molecule has 9 heteroatoms. The van der Waals surface area contributed by atoms with E-state index in [-0.39, 0.29) is 30.5 Å². The minimum absolute atomic E-state index is 0.127. The Kier molecular flexibility index (Phi) is 5.93. The van der Waals surface area contributed by atoms with E-state index in [0.29, 0.717) is 10.7 Å². The van der Waals surface area contributed by atoms with Gasteiger partial charge in [0.2, 0.25) is 11.8 Å². The molecular weight excluding hydrogens is 407 g/mol. The van der Waals surface area contributed by atoms with Crippen LogP contribution in [0.1, 0.15) is 24.5 Å². The Morgan fingerprint density at radius 3 is 2.38 bits per heavy atom. The molecule has 0 saturated heterocycles. The Labute approximate surface area is 170 Å². The van der Waals surface area contributed by atoms with Crippen LogP contribution >= 0.6 is 11.6 Å². The highest BCUT2D eigenvalue weighted by atomic mass is 35.5. The molecule has 0 radical (unpaired) electrons. The second-order valence-corrected chi connectivity index (χ2v) is 7.11. The molecule has 3 rings (SSSR count). The normalized spacial score (nSPS) is 17.1. The number of nitrogens with zero attached hydrogens (tertiary/aromatic N) is 2. The molecule has 1 heterocycles. The van der Waals surface area contributed by atoms with Crippen LogP contribution in [0.3, 0.4) is 0 Å². The van der Waals surface area contributed by atoms with Crippen molar-refractivity contribution in [3.05, 3.63) is 64.7 Å². The average molecular weight is 424 g/mol. The monoisotopic (exact) mass is 423 g/mol. The van der Waals surface area contributed by atoms with Crippen LogP contribution in [-0.2, 0) is 15.8 Å². The van der Waals surface area contributed by atoms with Crippen molar-refractivity contribution in [2.45, 2.75) is 19.5 Å². The molecule has 29 heavy (non-hydrogen) atoms. The molecule has 0 fully saturated rings. The summed E-state index contributed by atoms with van der Waals surface area (Å²) >= 11 is 5.90. The second kappa shape index (κ2) is 8.24. The number of carbonyl (C=O) groups excluding carboxylic acids is 2. The minimum atomic E-state index is -4.45. The van der Waals surface area contributed by atoms with E-state index in [9.17, 15) is 22.8 Å². The first-order valence-electron chi connectivity index (χ1n) is 8.75. The van der Waals surface area contributed by atoms with Crippen molar-refractivity contribution in [2.24, 2.45) is 11.0 Å². The third-order valence-electron chi connectivity index (χ3n) is 4.39. The number of carbonyl (C=O) groups is 2. The zero-order chi connectivity index (χ0) is 21.2. The number of benzene rings is 2. The smallest absolute Gasteiger partial charge is 0.324 e. The summed E-state index contributed by atoms with van der Waals surface area (Å²) in [5.74, 6) is -0.998. The highest BCUT2D eigenvalue weighted by Crippen LogP contribution is 2.30. The van der Waals surface area contributed by atoms with E-state index < -0.39 is 17.6 Å². The Balaban J connectivity index is 1.71. The van der Waals surface area contributed by atoms with Crippen molar-refractivity contribution in [1.82, 2.24) is 5.01 Å². The number of alkyl halides is 3. The van der Waals surface area contributed by atoms with Crippen molar-refractivity contribution in [2.75, 3.05) is 11.9 Å². The van der Waals surface area contributed by atoms with E-state index in [1.165, 1.54) is 0 Å². The van der Waals surface area contributed by atoms with Gasteiger partial charge in [0.1, 0.15) is 6.54 Å². The number of hydrogen-bond donors (Lipinski definition) is 1. The largest absolute Gasteiger partial charge is 0.416 e. The first-order chi connectivity index (χ1) is 13.6. The summed E-state index contributed by atoms with van der Waals surface area (Å²) in [6.07, 6.45) is -4.26. The van der Waals surface area contributed by atoms with E-state index in [4.69, 9.17) is 11.6 Å². The summed E-state index contributed by atoms with van der Waals surface area (Å²) in [7, 11) is 0. The summed E-state index contributed by atoms with van der Waals surface area (Å²) in [5, 5.41) is 8.44. The highest BCUT2D eigenvalue weighted by molar-refractivity contribution is 6.30. The van der Waals surface area contributed by atoms with Crippen molar-refractivity contribution in [3.8, 4) is 0 Å². The summed E-state index contributed by atoms with van der Waals surface area (Å²) in [6.45, 7) is 1.52. The fourth-order valence-electron chi connectivity index (χ4n) is 2.91. The van der Waals surface area contributed by atoms with Gasteiger partial charge in [-0.05, 0) is 42.0 Å². The minimum Gasteiger partial charge on any atom is -0.324 e. The number of anilines is 1. The summed E-state index contributed by atoms with van der Waals surface area (Å²) in [5.41, 5.74) is 0.835. The molecule has 1 aliphatic heterocycles. The maximum atomic E-state index is 12.6. The first-order valence-corrected chi connectivity index (χ1v) is 9.13. The topological polar surface area (TPSA) is 61.8 Å². The fraction of sp³-hybridized carbons (Fsp3) is 0.250. The highest BCUT2D eigenvalue weighted by Gasteiger charge is 2.30. The Morgan fingerprint density at radius 2 is 1.79 bits per heavy atom. The van der Waals surface area contributed by atoms with Gasteiger partial charge in [-0.1, -0.05) is 30.7 Å². The number of hydrogen-bond acceptors (Lipinski definition) is 3. The van der Waals surface area contributed by atoms with Gasteiger partial charge >= 0.3 is 6.18 Å². The molecule has 2 aromatic rings. The number of hydrazone groups is 1. The molecule has 2 amide bonds. The fourth-order valence-corrected chi connectivity index (χ4v) is 3.04. The molecule has 1 atom stereocenters. The maximum absolute atomic E-state index is 12.6. The van der Waals surface area contributed by atoms with E-state index in [1.807, 2.05) is 6.92 Å². The molecule has 152 valence electrons. The van der Waals surface area contributed by atoms with Crippen LogP contribution in [0, 0.1) is 5.92 Å². The lowest BCUT2D eigenvalue weighted by atomic mass is 9.94. The Hall–Kier alpha value is -2.87. The number of rotatable bonds is 4. The summed E-state index contributed by atoms with van der Waals surface area (Å²) < 4.78 is 37.8. The van der Waals surface area contributed by atoms with E-state index in [2.05, 4.69) is 10.4 Å². The first kappa shape index (κ1) is 20.9. The molecule has 1 aliphatic rings. The van der Waals surface area contributed by atoms with E-state index in [1.54, 1.807) is 24.3 Å². The quantitative estimate of drug-likeness (QED) is 0.783. The van der Waals surface area contributed by atoms with Crippen LogP contribution in [0.5, 0.6) is 0 Å². The van der Waals surface area contributed by atoms with Gasteiger partial charge in [-0.25, -0.2) is 5.01 Å². The molecule has 0 bridgehead atoms. The van der Waals surface area contributed by atoms with Gasteiger partial charge in [-0.3, -0.25) is 9.59 Å². The van der Waals surface area contributed by atoms with E-state index in [0.717, 1.165) is 34.8 Å². The second-order valence-electron chi connectivity index (χ2n) is 6.67. The number of amides is 2. The molecule has 5 nitrogen and oxygen atoms in total. The lowest BCUT2D eigenvalue weighted by Crippen LogP contribution is -2.40. The number of nitrogens with one attached hydrogen (secondary N) is 1. The molecule has 0 spiro atoms. The number of halogens is 4. The zero-order valence-corrected chi connectivity index (χ0v) is 16.1. The summed E-state index contributed by atoms with van der Waals surface area (Å²) in [4.78, 5) is 24.5. The van der Waals surface area contributed by atoms with Gasteiger partial charge in [0.25, 0.3) is 0 Å². The molecule has 0 aliphatic carbocycles. The predicted molar refractivity (Wildman–Crippen MR) is 104 cm³/mol. The molecule has 0 saturated carbocycles. The van der Waals surface area contributed by atoms with Crippen molar-refractivity contribution in [3.63, 3.8) is 0 Å². The third-order valence-corrected chi connectivity index (χ3v) is 4.65.